The summed E-state index contributed by atoms with van der Waals surface area (Å²) in [4.78, 5) is 26.9. The Labute approximate surface area is 187 Å². The number of carbonyl (C=O) groups excluding carboxylic acids is 2. The van der Waals surface area contributed by atoms with Crippen molar-refractivity contribution in [3.8, 4) is 11.5 Å². The summed E-state index contributed by atoms with van der Waals surface area (Å²) in [5.74, 6) is 1.30. The molecule has 0 radical (unpaired) electrons. The number of carbonyl (C=O) groups is 2. The fourth-order valence-electron chi connectivity index (χ4n) is 3.90. The lowest BCUT2D eigenvalue weighted by molar-refractivity contribution is -0.138. The molecule has 32 heavy (non-hydrogen) atoms. The van der Waals surface area contributed by atoms with Gasteiger partial charge < -0.3 is 24.7 Å². The Morgan fingerprint density at radius 1 is 1.09 bits per heavy atom. The Balaban J connectivity index is 1.30. The molecule has 1 fully saturated rings. The molecule has 2 aliphatic heterocycles. The van der Waals surface area contributed by atoms with E-state index in [9.17, 15) is 9.59 Å². The first-order valence-corrected chi connectivity index (χ1v) is 10.7. The predicted molar refractivity (Wildman–Crippen MR) is 119 cm³/mol. The lowest BCUT2D eigenvalue weighted by Crippen LogP contribution is -2.50. The van der Waals surface area contributed by atoms with Crippen molar-refractivity contribution in [1.82, 2.24) is 20.7 Å². The van der Waals surface area contributed by atoms with Crippen molar-refractivity contribution >= 4 is 11.8 Å². The van der Waals surface area contributed by atoms with E-state index in [1.54, 1.807) is 13.3 Å². The van der Waals surface area contributed by atoms with E-state index < -0.39 is 0 Å². The Bertz CT molecular complexity index is 974. The van der Waals surface area contributed by atoms with Crippen molar-refractivity contribution in [1.29, 1.82) is 0 Å². The van der Waals surface area contributed by atoms with Gasteiger partial charge >= 0.3 is 0 Å². The Hall–Kier alpha value is -3.52. The zero-order valence-corrected chi connectivity index (χ0v) is 18.3. The van der Waals surface area contributed by atoms with Gasteiger partial charge in [-0.2, -0.15) is 0 Å². The number of fused-ring (bicyclic) bond motifs is 1. The number of rotatable bonds is 8. The molecular weight excluding hydrogens is 408 g/mol. The molecule has 2 atom stereocenters. The number of nitrogens with one attached hydrogen (secondary N) is 2. The van der Waals surface area contributed by atoms with Crippen molar-refractivity contribution in [2.24, 2.45) is 0 Å². The van der Waals surface area contributed by atoms with Gasteiger partial charge in [0, 0.05) is 18.9 Å². The summed E-state index contributed by atoms with van der Waals surface area (Å²) in [7, 11) is 1.61. The average Bonchev–Trinajstić information content (AvgIpc) is 3.26. The molecule has 4 rings (SSSR count). The molecule has 2 N–H and O–H groups in total. The van der Waals surface area contributed by atoms with Crippen LogP contribution in [0, 0.1) is 0 Å². The Morgan fingerprint density at radius 3 is 2.50 bits per heavy atom. The second kappa shape index (κ2) is 9.74. The molecule has 2 heterocycles. The highest BCUT2D eigenvalue weighted by molar-refractivity contribution is 5.89. The molecule has 0 aromatic heterocycles. The van der Waals surface area contributed by atoms with Crippen LogP contribution in [0.1, 0.15) is 30.5 Å². The molecule has 2 aliphatic rings. The van der Waals surface area contributed by atoms with E-state index in [0.717, 1.165) is 22.6 Å². The van der Waals surface area contributed by atoms with Crippen LogP contribution in [0.4, 0.5) is 0 Å². The summed E-state index contributed by atoms with van der Waals surface area (Å²) < 4.78 is 10.6. The summed E-state index contributed by atoms with van der Waals surface area (Å²) in [6.07, 6.45) is 4.10. The highest BCUT2D eigenvalue weighted by atomic mass is 16.5. The number of amides is 2. The smallest absolute Gasteiger partial charge is 0.251 e. The van der Waals surface area contributed by atoms with E-state index in [1.165, 1.54) is 4.90 Å². The minimum atomic E-state index is -0.342. The van der Waals surface area contributed by atoms with E-state index >= 15 is 0 Å². The zero-order chi connectivity index (χ0) is 22.5. The number of benzene rings is 2. The molecule has 1 saturated heterocycles. The fourth-order valence-corrected chi connectivity index (χ4v) is 3.90. The first-order chi connectivity index (χ1) is 15.6. The van der Waals surface area contributed by atoms with Crippen molar-refractivity contribution < 1.29 is 19.1 Å². The molecule has 0 aliphatic carbocycles. The maximum absolute atomic E-state index is 13.0. The van der Waals surface area contributed by atoms with Crippen LogP contribution in [0.25, 0.3) is 0 Å². The van der Waals surface area contributed by atoms with Crippen LogP contribution in [-0.2, 0) is 16.1 Å². The molecule has 2 aromatic carbocycles. The average molecular weight is 437 g/mol. The van der Waals surface area contributed by atoms with Gasteiger partial charge in [-0.3, -0.25) is 9.59 Å². The van der Waals surface area contributed by atoms with Gasteiger partial charge in [-0.05, 0) is 48.7 Å². The summed E-state index contributed by atoms with van der Waals surface area (Å²) in [5, 5.41) is 4.69. The number of methoxy groups -OCH3 is 1. The van der Waals surface area contributed by atoms with Crippen molar-refractivity contribution in [2.75, 3.05) is 20.3 Å². The van der Waals surface area contributed by atoms with E-state index in [1.807, 2.05) is 66.7 Å². The summed E-state index contributed by atoms with van der Waals surface area (Å²) in [6.45, 7) is 2.96. The van der Waals surface area contributed by atoms with Crippen LogP contribution >= 0.6 is 0 Å². The lowest BCUT2D eigenvalue weighted by atomic mass is 10.0. The normalized spacial score (nSPS) is 19.6. The maximum atomic E-state index is 13.0. The van der Waals surface area contributed by atoms with Gasteiger partial charge in [0.2, 0.25) is 5.91 Å². The summed E-state index contributed by atoms with van der Waals surface area (Å²) in [5.41, 5.74) is 5.42. The number of hydrazine groups is 1. The highest BCUT2D eigenvalue weighted by Crippen LogP contribution is 2.31. The standard InChI is InChI=1S/C24H28N4O4/c1-3-32-20-10-6-18(7-11-20)21-14-22-24(30)27(12-13-28(22)26-21)16-23(29)25-15-17-4-8-19(31-2)9-5-17/h4-13,21-22,26H,3,14-16H2,1-2H3,(H,25,29). The molecule has 2 amide bonds. The van der Waals surface area contributed by atoms with Crippen LogP contribution in [0.15, 0.2) is 60.9 Å². The van der Waals surface area contributed by atoms with Gasteiger partial charge in [-0.15, -0.1) is 0 Å². The highest BCUT2D eigenvalue weighted by Gasteiger charge is 2.40. The second-order valence-electron chi connectivity index (χ2n) is 7.73. The third-order valence-corrected chi connectivity index (χ3v) is 5.63. The predicted octanol–water partition coefficient (Wildman–Crippen LogP) is 2.34. The number of hydrogen-bond donors (Lipinski definition) is 2. The monoisotopic (exact) mass is 436 g/mol. The van der Waals surface area contributed by atoms with Gasteiger partial charge in [0.05, 0.1) is 19.8 Å². The second-order valence-corrected chi connectivity index (χ2v) is 7.73. The van der Waals surface area contributed by atoms with Gasteiger partial charge in [0.25, 0.3) is 5.91 Å². The van der Waals surface area contributed by atoms with Crippen LogP contribution in [0.5, 0.6) is 11.5 Å². The third-order valence-electron chi connectivity index (χ3n) is 5.63. The van der Waals surface area contributed by atoms with E-state index in [2.05, 4.69) is 10.7 Å². The largest absolute Gasteiger partial charge is 0.497 e. The van der Waals surface area contributed by atoms with Crippen molar-refractivity contribution in [2.45, 2.75) is 32.0 Å². The van der Waals surface area contributed by atoms with Gasteiger partial charge in [0.15, 0.2) is 0 Å². The lowest BCUT2D eigenvalue weighted by Gasteiger charge is -2.31. The van der Waals surface area contributed by atoms with E-state index in [4.69, 9.17) is 9.47 Å². The molecule has 0 saturated carbocycles. The SMILES string of the molecule is CCOc1ccc(C2CC3C(=O)N(CC(=O)NCc4ccc(OC)cc4)C=CN3N2)cc1. The fraction of sp³-hybridized carbons (Fsp3) is 0.333. The summed E-state index contributed by atoms with van der Waals surface area (Å²) >= 11 is 0. The van der Waals surface area contributed by atoms with Crippen LogP contribution in [0.2, 0.25) is 0 Å². The van der Waals surface area contributed by atoms with E-state index in [-0.39, 0.29) is 30.4 Å². The minimum Gasteiger partial charge on any atom is -0.497 e. The van der Waals surface area contributed by atoms with Gasteiger partial charge in [-0.25, -0.2) is 5.43 Å². The van der Waals surface area contributed by atoms with Crippen LogP contribution in [-0.4, -0.2) is 48.0 Å². The van der Waals surface area contributed by atoms with Crippen molar-refractivity contribution in [3.05, 3.63) is 72.1 Å². The van der Waals surface area contributed by atoms with Gasteiger partial charge in [-0.1, -0.05) is 24.3 Å². The molecule has 168 valence electrons. The number of ether oxygens (including phenoxy) is 2. The first-order valence-electron chi connectivity index (χ1n) is 10.7. The molecule has 0 bridgehead atoms. The molecule has 0 spiro atoms. The van der Waals surface area contributed by atoms with Crippen LogP contribution < -0.4 is 20.2 Å². The van der Waals surface area contributed by atoms with Gasteiger partial charge in [0.1, 0.15) is 24.1 Å². The number of hydrogen-bond acceptors (Lipinski definition) is 6. The third kappa shape index (κ3) is 4.86. The van der Waals surface area contributed by atoms with Crippen LogP contribution in [0.3, 0.4) is 0 Å². The van der Waals surface area contributed by atoms with E-state index in [0.29, 0.717) is 19.6 Å². The molecule has 2 aromatic rings. The quantitative estimate of drug-likeness (QED) is 0.661. The minimum absolute atomic E-state index is 0.0104. The first kappa shape index (κ1) is 21.7. The Morgan fingerprint density at radius 2 is 1.81 bits per heavy atom. The van der Waals surface area contributed by atoms with Crippen molar-refractivity contribution in [3.63, 3.8) is 0 Å². The Kier molecular flexibility index (Phi) is 6.61. The topological polar surface area (TPSA) is 83.1 Å². The maximum Gasteiger partial charge on any atom is 0.251 e. The molecule has 8 heteroatoms. The summed E-state index contributed by atoms with van der Waals surface area (Å²) in [6, 6.07) is 15.1. The molecular formula is C24H28N4O4. The zero-order valence-electron chi connectivity index (χ0n) is 18.3. The molecule has 2 unspecified atom stereocenters. The number of nitrogens with zero attached hydrogens (tertiary/aromatic N) is 2. The molecule has 8 nitrogen and oxygen atoms in total.